The number of aromatic nitrogens is 2. The minimum Gasteiger partial charge on any atom is -0.310 e. The van der Waals surface area contributed by atoms with Crippen LogP contribution < -0.4 is 5.32 Å². The van der Waals surface area contributed by atoms with E-state index in [4.69, 9.17) is 0 Å². The Morgan fingerprint density at radius 1 is 1.15 bits per heavy atom. The van der Waals surface area contributed by atoms with E-state index in [2.05, 4.69) is 10.4 Å². The molecule has 4 rings (SSSR count). The molecule has 0 saturated carbocycles. The van der Waals surface area contributed by atoms with Gasteiger partial charge in [-0.2, -0.15) is 16.9 Å². The lowest BCUT2D eigenvalue weighted by Gasteiger charge is -2.11. The number of anilines is 1. The third kappa shape index (κ3) is 3.56. The minimum absolute atomic E-state index is 0.0173. The highest BCUT2D eigenvalue weighted by Crippen LogP contribution is 2.36. The second kappa shape index (κ2) is 7.24. The lowest BCUT2D eigenvalue weighted by molar-refractivity contribution is -0.384. The van der Waals surface area contributed by atoms with Gasteiger partial charge in [0.25, 0.3) is 5.69 Å². The molecule has 2 aromatic carbocycles. The van der Waals surface area contributed by atoms with Gasteiger partial charge in [0.15, 0.2) is 0 Å². The van der Waals surface area contributed by atoms with Crippen LogP contribution in [0.1, 0.15) is 16.8 Å². The summed E-state index contributed by atoms with van der Waals surface area (Å²) in [6.07, 6.45) is 0.272. The molecule has 2 heterocycles. The normalized spacial score (nSPS) is 12.6. The molecule has 0 saturated heterocycles. The maximum Gasteiger partial charge on any atom is 0.269 e. The molecule has 1 N–H and O–H groups in total. The highest BCUT2D eigenvalue weighted by molar-refractivity contribution is 7.98. The summed E-state index contributed by atoms with van der Waals surface area (Å²) >= 11 is 1.75. The average Bonchev–Trinajstić information content (AvgIpc) is 3.25. The summed E-state index contributed by atoms with van der Waals surface area (Å²) in [5.41, 5.74) is 3.58. The number of nitro groups is 1. The van der Waals surface area contributed by atoms with Crippen molar-refractivity contribution in [1.29, 1.82) is 0 Å². The van der Waals surface area contributed by atoms with E-state index in [-0.39, 0.29) is 18.0 Å². The van der Waals surface area contributed by atoms with Gasteiger partial charge < -0.3 is 5.32 Å². The summed E-state index contributed by atoms with van der Waals surface area (Å²) in [4.78, 5) is 23.0. The number of amides is 1. The Labute approximate surface area is 159 Å². The Bertz CT molecular complexity index is 1000. The second-order valence-electron chi connectivity index (χ2n) is 6.16. The molecule has 8 heteroatoms. The molecule has 1 aromatic heterocycles. The zero-order chi connectivity index (χ0) is 18.8. The summed E-state index contributed by atoms with van der Waals surface area (Å²) in [7, 11) is 0. The smallest absolute Gasteiger partial charge is 0.269 e. The van der Waals surface area contributed by atoms with Crippen molar-refractivity contribution in [3.8, 4) is 5.69 Å². The van der Waals surface area contributed by atoms with Crippen LogP contribution in [0.15, 0.2) is 54.6 Å². The number of carbonyl (C=O) groups is 1. The fourth-order valence-corrected chi connectivity index (χ4v) is 4.04. The number of hydrogen-bond acceptors (Lipinski definition) is 5. The summed E-state index contributed by atoms with van der Waals surface area (Å²) in [6, 6.07) is 15.7. The Kier molecular flexibility index (Phi) is 4.64. The number of rotatable bonds is 5. The largest absolute Gasteiger partial charge is 0.310 e. The van der Waals surface area contributed by atoms with Crippen LogP contribution in [-0.2, 0) is 22.7 Å². The molecule has 7 nitrogen and oxygen atoms in total. The van der Waals surface area contributed by atoms with Crippen molar-refractivity contribution in [1.82, 2.24) is 9.78 Å². The number of hydrogen-bond donors (Lipinski definition) is 1. The summed E-state index contributed by atoms with van der Waals surface area (Å²) < 4.78 is 1.66. The van der Waals surface area contributed by atoms with Crippen molar-refractivity contribution < 1.29 is 9.72 Å². The zero-order valence-electron chi connectivity index (χ0n) is 14.3. The highest BCUT2D eigenvalue weighted by Gasteiger charge is 2.25. The van der Waals surface area contributed by atoms with Gasteiger partial charge in [-0.3, -0.25) is 14.9 Å². The number of non-ortho nitro benzene ring substituents is 1. The van der Waals surface area contributed by atoms with Crippen molar-refractivity contribution in [2.45, 2.75) is 17.9 Å². The lowest BCUT2D eigenvalue weighted by Crippen LogP contribution is -2.18. The molecule has 3 aromatic rings. The van der Waals surface area contributed by atoms with Gasteiger partial charge in [0.1, 0.15) is 5.82 Å². The quantitative estimate of drug-likeness (QED) is 0.538. The number of thioether (sulfide) groups is 1. The van der Waals surface area contributed by atoms with Crippen LogP contribution in [-0.4, -0.2) is 20.6 Å². The maximum absolute atomic E-state index is 12.6. The van der Waals surface area contributed by atoms with E-state index in [0.717, 1.165) is 28.3 Å². The number of nitrogens with one attached hydrogen (secondary N) is 1. The number of fused-ring (bicyclic) bond motifs is 1. The number of benzene rings is 2. The molecule has 1 aliphatic rings. The van der Waals surface area contributed by atoms with Crippen LogP contribution in [0.3, 0.4) is 0 Å². The van der Waals surface area contributed by atoms with Crippen LogP contribution in [0, 0.1) is 10.1 Å². The monoisotopic (exact) mass is 380 g/mol. The topological polar surface area (TPSA) is 90.1 Å². The van der Waals surface area contributed by atoms with Gasteiger partial charge in [0.05, 0.1) is 22.7 Å². The molecular formula is C19H16N4O3S. The van der Waals surface area contributed by atoms with Gasteiger partial charge in [0.2, 0.25) is 5.91 Å². The predicted molar refractivity (Wildman–Crippen MR) is 104 cm³/mol. The summed E-state index contributed by atoms with van der Waals surface area (Å²) in [6.45, 7) is 0. The van der Waals surface area contributed by atoms with Crippen LogP contribution in [0.25, 0.3) is 5.69 Å². The lowest BCUT2D eigenvalue weighted by atomic mass is 10.1. The number of carbonyl (C=O) groups excluding carboxylic acids is 1. The molecule has 0 atom stereocenters. The third-order valence-electron chi connectivity index (χ3n) is 4.32. The van der Waals surface area contributed by atoms with E-state index in [9.17, 15) is 14.9 Å². The van der Waals surface area contributed by atoms with Crippen molar-refractivity contribution in [2.24, 2.45) is 0 Å². The number of nitro benzene ring substituents is 1. The van der Waals surface area contributed by atoms with E-state index in [1.165, 1.54) is 12.1 Å². The summed E-state index contributed by atoms with van der Waals surface area (Å²) in [5, 5.41) is 18.5. The SMILES string of the molecule is O=C(Cc1ccccc1)Nc1c2c(nn1-c1ccc([N+](=O)[O-])cc1)CSC2. The van der Waals surface area contributed by atoms with Crippen molar-refractivity contribution in [3.63, 3.8) is 0 Å². The van der Waals surface area contributed by atoms with Crippen LogP contribution in [0.2, 0.25) is 0 Å². The molecule has 0 aliphatic carbocycles. The van der Waals surface area contributed by atoms with E-state index in [0.29, 0.717) is 11.5 Å². The molecule has 0 bridgehead atoms. The Hall–Kier alpha value is -3.13. The Balaban J connectivity index is 1.63. The molecule has 0 spiro atoms. The van der Waals surface area contributed by atoms with Gasteiger partial charge in [-0.15, -0.1) is 0 Å². The summed E-state index contributed by atoms with van der Waals surface area (Å²) in [5.74, 6) is 2.09. The third-order valence-corrected chi connectivity index (χ3v) is 5.29. The predicted octanol–water partition coefficient (Wildman–Crippen LogP) is 3.71. The minimum atomic E-state index is -0.438. The molecule has 1 amide bonds. The van der Waals surface area contributed by atoms with Crippen molar-refractivity contribution >= 4 is 29.2 Å². The second-order valence-corrected chi connectivity index (χ2v) is 7.15. The van der Waals surface area contributed by atoms with Gasteiger partial charge in [-0.1, -0.05) is 30.3 Å². The van der Waals surface area contributed by atoms with Crippen molar-refractivity contribution in [2.75, 3.05) is 5.32 Å². The molecule has 1 aliphatic heterocycles. The van der Waals surface area contributed by atoms with E-state index < -0.39 is 4.92 Å². The van der Waals surface area contributed by atoms with E-state index >= 15 is 0 Å². The first-order valence-electron chi connectivity index (χ1n) is 8.39. The molecule has 0 fully saturated rings. The molecule has 136 valence electrons. The fraction of sp³-hybridized carbons (Fsp3) is 0.158. The van der Waals surface area contributed by atoms with Gasteiger partial charge >= 0.3 is 0 Å². The fourth-order valence-electron chi connectivity index (χ4n) is 3.00. The molecule has 0 unspecified atom stereocenters. The van der Waals surface area contributed by atoms with Gasteiger partial charge in [-0.25, -0.2) is 4.68 Å². The van der Waals surface area contributed by atoms with E-state index in [1.807, 2.05) is 30.3 Å². The van der Waals surface area contributed by atoms with Crippen LogP contribution in [0.4, 0.5) is 11.5 Å². The highest BCUT2D eigenvalue weighted by atomic mass is 32.2. The molecule has 27 heavy (non-hydrogen) atoms. The van der Waals surface area contributed by atoms with Gasteiger partial charge in [0, 0.05) is 29.2 Å². The van der Waals surface area contributed by atoms with Gasteiger partial charge in [-0.05, 0) is 17.7 Å². The van der Waals surface area contributed by atoms with Crippen molar-refractivity contribution in [3.05, 3.63) is 81.5 Å². The van der Waals surface area contributed by atoms with Crippen LogP contribution >= 0.6 is 11.8 Å². The molecule has 0 radical (unpaired) electrons. The first-order chi connectivity index (χ1) is 13.1. The Morgan fingerprint density at radius 3 is 2.59 bits per heavy atom. The number of nitrogens with zero attached hydrogens (tertiary/aromatic N) is 3. The Morgan fingerprint density at radius 2 is 1.89 bits per heavy atom. The standard InChI is InChI=1S/C19H16N4O3S/c24-18(10-13-4-2-1-3-5-13)20-19-16-11-27-12-17(16)21-22(19)14-6-8-15(9-7-14)23(25)26/h1-9H,10-12H2,(H,20,24). The maximum atomic E-state index is 12.6. The first kappa shape index (κ1) is 17.3. The average molecular weight is 380 g/mol. The van der Waals surface area contributed by atoms with Crippen LogP contribution in [0.5, 0.6) is 0 Å². The molecular weight excluding hydrogens is 364 g/mol. The van der Waals surface area contributed by atoms with E-state index in [1.54, 1.807) is 28.6 Å². The first-order valence-corrected chi connectivity index (χ1v) is 9.54. The zero-order valence-corrected chi connectivity index (χ0v) is 15.1.